The van der Waals surface area contributed by atoms with Crippen molar-refractivity contribution < 1.29 is 43.0 Å². The van der Waals surface area contributed by atoms with E-state index in [1.54, 1.807) is 18.1 Å². The van der Waals surface area contributed by atoms with Crippen molar-refractivity contribution >= 4 is 44.3 Å². The van der Waals surface area contributed by atoms with Crippen molar-refractivity contribution in [1.29, 1.82) is 0 Å². The molecule has 4 aromatic rings. The number of halogens is 1. The maximum absolute atomic E-state index is 12.2. The van der Waals surface area contributed by atoms with Gasteiger partial charge in [-0.3, -0.25) is 4.98 Å². The van der Waals surface area contributed by atoms with Gasteiger partial charge in [-0.15, -0.1) is 10.2 Å². The molecule has 5 rings (SSSR count). The van der Waals surface area contributed by atoms with E-state index in [-0.39, 0.29) is 5.97 Å². The number of H-pyrrole nitrogens is 1. The summed E-state index contributed by atoms with van der Waals surface area (Å²) in [7, 11) is -2.74. The second kappa shape index (κ2) is 12.2. The summed E-state index contributed by atoms with van der Waals surface area (Å²) in [6.45, 7) is 5.70. The molecule has 0 amide bonds. The first-order valence-corrected chi connectivity index (χ1v) is 13.0. The van der Waals surface area contributed by atoms with Crippen molar-refractivity contribution in [3.63, 3.8) is 0 Å². The molecular weight excluding hydrogens is 486 g/mol. The number of carbonyl (C=O) groups is 1. The predicted molar refractivity (Wildman–Crippen MR) is 127 cm³/mol. The summed E-state index contributed by atoms with van der Waals surface area (Å²) in [5.74, 6) is -0.299. The molecule has 0 atom stereocenters. The summed E-state index contributed by atoms with van der Waals surface area (Å²) in [4.78, 5) is 19.7. The zero-order valence-electron chi connectivity index (χ0n) is 20.6. The zero-order valence-corrected chi connectivity index (χ0v) is 21.3. The normalized spacial score (nSPS) is 13.8. The summed E-state index contributed by atoms with van der Waals surface area (Å²) >= 11 is 0. The molecule has 2 aromatic carbocycles. The number of esters is 1. The quantitative estimate of drug-likeness (QED) is 0.242. The molecule has 0 radical (unpaired) electrons. The van der Waals surface area contributed by atoms with Crippen LogP contribution in [0.3, 0.4) is 0 Å². The Morgan fingerprint density at radius 1 is 1.11 bits per heavy atom. The first-order valence-electron chi connectivity index (χ1n) is 11.8. The van der Waals surface area contributed by atoms with Crippen molar-refractivity contribution in [3.05, 3.63) is 54.4 Å². The fourth-order valence-electron chi connectivity index (χ4n) is 4.37. The minimum absolute atomic E-state index is 0.299. The summed E-state index contributed by atoms with van der Waals surface area (Å²) in [5.41, 5.74) is 4.09. The van der Waals surface area contributed by atoms with Crippen molar-refractivity contribution in [2.75, 3.05) is 20.2 Å². The second-order valence-corrected chi connectivity index (χ2v) is 9.11. The van der Waals surface area contributed by atoms with Gasteiger partial charge in [-0.05, 0) is 48.4 Å². The Hall–Kier alpha value is -3.08. The van der Waals surface area contributed by atoms with Crippen LogP contribution in [0, 0.1) is 10.2 Å². The molecule has 0 fully saturated rings. The van der Waals surface area contributed by atoms with E-state index in [1.165, 1.54) is 32.2 Å². The van der Waals surface area contributed by atoms with Gasteiger partial charge in [-0.25, -0.2) is 28.0 Å². The van der Waals surface area contributed by atoms with Crippen molar-refractivity contribution in [3.8, 4) is 0 Å². The third kappa shape index (κ3) is 7.22. The highest BCUT2D eigenvalue weighted by molar-refractivity contribution is 6.18. The second-order valence-electron chi connectivity index (χ2n) is 8.36. The molecule has 10 heteroatoms. The molecule has 0 saturated carbocycles. The highest BCUT2D eigenvalue weighted by Gasteiger charge is 2.16. The average Bonchev–Trinajstić information content (AvgIpc) is 3.28. The number of hydrogen-bond acceptors (Lipinski definition) is 7. The molecule has 192 valence electrons. The number of rotatable bonds is 3. The van der Waals surface area contributed by atoms with Crippen LogP contribution in [0.25, 0.3) is 32.6 Å². The Bertz CT molecular complexity index is 1370. The molecule has 0 saturated heterocycles. The molecule has 0 bridgehead atoms. The number of pyridine rings is 1. The van der Waals surface area contributed by atoms with E-state index < -0.39 is 10.2 Å². The smallest absolute Gasteiger partial charge is 0.340 e. The summed E-state index contributed by atoms with van der Waals surface area (Å²) in [6, 6.07) is 12.1. The van der Waals surface area contributed by atoms with Gasteiger partial charge in [0.05, 0.1) is 17.7 Å². The lowest BCUT2D eigenvalue weighted by molar-refractivity contribution is -2.00. The number of nitrogens with one attached hydrogen (secondary N) is 1. The molecule has 1 aliphatic heterocycles. The summed E-state index contributed by atoms with van der Waals surface area (Å²) in [6.07, 6.45) is 8.89. The fourth-order valence-corrected chi connectivity index (χ4v) is 4.37. The van der Waals surface area contributed by atoms with Crippen LogP contribution in [-0.2, 0) is 4.74 Å². The third-order valence-electron chi connectivity index (χ3n) is 6.04. The minimum atomic E-state index is -4.94. The lowest BCUT2D eigenvalue weighted by atomic mass is 10.0. The molecule has 36 heavy (non-hydrogen) atoms. The van der Waals surface area contributed by atoms with Gasteiger partial charge in [-0.2, -0.15) is 0 Å². The molecule has 0 unspecified atom stereocenters. The fraction of sp³-hybridized carbons (Fsp3) is 0.346. The van der Waals surface area contributed by atoms with Gasteiger partial charge in [0.15, 0.2) is 5.71 Å². The molecule has 1 aliphatic rings. The number of ether oxygens (including phenoxy) is 1. The van der Waals surface area contributed by atoms with Crippen LogP contribution in [0.4, 0.5) is 0 Å². The Kier molecular flexibility index (Phi) is 9.36. The van der Waals surface area contributed by atoms with E-state index in [4.69, 9.17) is 23.4 Å². The number of aromatic nitrogens is 2. The lowest BCUT2D eigenvalue weighted by Gasteiger charge is -2.17. The largest absolute Gasteiger partial charge is 0.462 e. The van der Waals surface area contributed by atoms with Crippen LogP contribution in [0.2, 0.25) is 0 Å². The topological polar surface area (TPSA) is 150 Å². The maximum atomic E-state index is 12.2. The third-order valence-corrected chi connectivity index (χ3v) is 6.04. The van der Waals surface area contributed by atoms with E-state index in [0.29, 0.717) is 12.2 Å². The highest BCUT2D eigenvalue weighted by atomic mass is 35.7. The molecule has 9 nitrogen and oxygen atoms in total. The number of hydrogen-bond donors (Lipinski definition) is 1. The molecule has 0 aliphatic carbocycles. The van der Waals surface area contributed by atoms with E-state index in [9.17, 15) is 4.79 Å². The zero-order chi connectivity index (χ0) is 26.3. The standard InChI is InChI=1S/C18H14N2O2.C8H16N.ClHO4/c1-2-22-18(21)14-10-20-15-6-5-11-9-16-12(4-3-7-19-16)8-13(11)17(14)15;1-3-8-6-4-5-7-9(8)2;2-1(3,4)5/h3-10,20H,2H2,1H3;3-7H2,1-2H3;(H,2,3,4,5)/q;+1;/p-1. The molecular formula is C26H30ClN3O6. The van der Waals surface area contributed by atoms with Gasteiger partial charge >= 0.3 is 5.97 Å². The lowest BCUT2D eigenvalue weighted by Crippen LogP contribution is -2.68. The van der Waals surface area contributed by atoms with Gasteiger partial charge < -0.3 is 9.72 Å². The van der Waals surface area contributed by atoms with Crippen molar-refractivity contribution in [1.82, 2.24) is 9.97 Å². The predicted octanol–water partition coefficient (Wildman–Crippen LogP) is 0.954. The Morgan fingerprint density at radius 3 is 2.50 bits per heavy atom. The summed E-state index contributed by atoms with van der Waals surface area (Å²) in [5, 5.41) is 4.05. The average molecular weight is 516 g/mol. The highest BCUT2D eigenvalue weighted by Crippen LogP contribution is 2.31. The van der Waals surface area contributed by atoms with Crippen LogP contribution in [0.15, 0.2) is 48.8 Å². The van der Waals surface area contributed by atoms with Crippen molar-refractivity contribution in [2.24, 2.45) is 0 Å². The van der Waals surface area contributed by atoms with E-state index in [0.717, 1.165) is 32.6 Å². The number of fused-ring (bicyclic) bond motifs is 4. The van der Waals surface area contributed by atoms with Gasteiger partial charge in [0.2, 0.25) is 0 Å². The molecule has 2 aromatic heterocycles. The SMILES string of the molecule is CCC1=[N+](C)CCCC1.CCOC(=O)c1c[nH]c2ccc3cc4ncccc4cc3c12.[O-][Cl+3]([O-])([O-])[O-]. The Labute approximate surface area is 211 Å². The van der Waals surface area contributed by atoms with E-state index in [2.05, 4.69) is 34.6 Å². The first-order chi connectivity index (χ1) is 17.1. The van der Waals surface area contributed by atoms with Gasteiger partial charge in [0.25, 0.3) is 0 Å². The van der Waals surface area contributed by atoms with Crippen LogP contribution < -0.4 is 18.6 Å². The van der Waals surface area contributed by atoms with Crippen LogP contribution >= 0.6 is 0 Å². The number of aromatic amines is 1. The van der Waals surface area contributed by atoms with Gasteiger partial charge in [0.1, 0.15) is 13.6 Å². The van der Waals surface area contributed by atoms with Gasteiger partial charge in [0, 0.05) is 47.9 Å². The van der Waals surface area contributed by atoms with Crippen LogP contribution in [0.5, 0.6) is 0 Å². The van der Waals surface area contributed by atoms with Crippen LogP contribution in [0.1, 0.15) is 49.9 Å². The Morgan fingerprint density at radius 2 is 1.86 bits per heavy atom. The van der Waals surface area contributed by atoms with E-state index >= 15 is 0 Å². The maximum Gasteiger partial charge on any atom is 0.340 e. The number of benzene rings is 2. The Balaban J connectivity index is 0.000000214. The van der Waals surface area contributed by atoms with Crippen molar-refractivity contribution in [2.45, 2.75) is 39.5 Å². The van der Waals surface area contributed by atoms with E-state index in [1.807, 2.05) is 37.3 Å². The van der Waals surface area contributed by atoms with Gasteiger partial charge in [-0.1, -0.05) is 19.1 Å². The minimum Gasteiger partial charge on any atom is -0.462 e. The first kappa shape index (κ1) is 27.5. The molecule has 0 spiro atoms. The molecule has 3 heterocycles. The monoisotopic (exact) mass is 515 g/mol. The summed E-state index contributed by atoms with van der Waals surface area (Å²) < 4.78 is 41.5. The molecule has 1 N–H and O–H groups in total. The number of carbonyl (C=O) groups excluding carboxylic acids is 1. The number of nitrogens with zero attached hydrogens (tertiary/aromatic N) is 2. The van der Waals surface area contributed by atoms with Crippen LogP contribution in [-0.4, -0.2) is 46.4 Å².